The number of hydrogen-bond acceptors (Lipinski definition) is 4. The summed E-state index contributed by atoms with van der Waals surface area (Å²) in [5.74, 6) is 0.745. The minimum atomic E-state index is 0.124. The van der Waals surface area contributed by atoms with Crippen molar-refractivity contribution >= 4 is 44.2 Å². The first-order valence-corrected chi connectivity index (χ1v) is 12.5. The Labute approximate surface area is 202 Å². The van der Waals surface area contributed by atoms with Crippen molar-refractivity contribution in [3.63, 3.8) is 0 Å². The molecule has 6 heteroatoms. The van der Waals surface area contributed by atoms with Crippen LogP contribution < -0.4 is 4.90 Å². The van der Waals surface area contributed by atoms with E-state index in [1.165, 1.54) is 0 Å². The van der Waals surface area contributed by atoms with E-state index in [1.807, 2.05) is 54.3 Å². The number of carbonyl (C=O) groups is 1. The molecule has 33 heavy (non-hydrogen) atoms. The summed E-state index contributed by atoms with van der Waals surface area (Å²) >= 11 is 7.85. The van der Waals surface area contributed by atoms with Gasteiger partial charge in [0, 0.05) is 36.1 Å². The fraction of sp³-hybridized carbons (Fsp3) is 0.259. The van der Waals surface area contributed by atoms with Crippen LogP contribution in [0.4, 0.5) is 5.13 Å². The first kappa shape index (κ1) is 20.7. The fourth-order valence-electron chi connectivity index (χ4n) is 5.08. The number of piperidine rings is 1. The van der Waals surface area contributed by atoms with Crippen LogP contribution in [0.3, 0.4) is 0 Å². The number of likely N-dealkylation sites (tertiary alicyclic amines) is 1. The second-order valence-corrected chi connectivity index (χ2v) is 10.5. The van der Waals surface area contributed by atoms with E-state index < -0.39 is 0 Å². The highest BCUT2D eigenvalue weighted by Gasteiger charge is 2.45. The minimum absolute atomic E-state index is 0.124. The van der Waals surface area contributed by atoms with Crippen LogP contribution >= 0.6 is 22.9 Å². The zero-order valence-corrected chi connectivity index (χ0v) is 19.9. The zero-order valence-electron chi connectivity index (χ0n) is 18.4. The molecule has 4 aromatic rings. The Balaban J connectivity index is 1.26. The summed E-state index contributed by atoms with van der Waals surface area (Å²) in [5.41, 5.74) is 4.96. The molecule has 0 unspecified atom stereocenters. The van der Waals surface area contributed by atoms with Crippen molar-refractivity contribution in [2.75, 3.05) is 24.5 Å². The molecule has 2 fully saturated rings. The summed E-state index contributed by atoms with van der Waals surface area (Å²) in [6, 6.07) is 22.6. The Hall–Kier alpha value is -2.89. The molecule has 1 aromatic heterocycles. The minimum Gasteiger partial charge on any atom is -0.343 e. The molecule has 0 radical (unpaired) electrons. The van der Waals surface area contributed by atoms with Gasteiger partial charge in [0.2, 0.25) is 0 Å². The van der Waals surface area contributed by atoms with E-state index in [9.17, 15) is 4.79 Å². The number of fused-ring (bicyclic) bond motifs is 2. The Morgan fingerprint density at radius 3 is 2.76 bits per heavy atom. The molecule has 0 saturated carbocycles. The van der Waals surface area contributed by atoms with Gasteiger partial charge in [0.15, 0.2) is 5.13 Å². The highest BCUT2D eigenvalue weighted by Crippen LogP contribution is 2.41. The van der Waals surface area contributed by atoms with Crippen LogP contribution in [0.2, 0.25) is 5.02 Å². The van der Waals surface area contributed by atoms with Crippen molar-refractivity contribution in [3.8, 4) is 11.1 Å². The van der Waals surface area contributed by atoms with E-state index in [-0.39, 0.29) is 5.91 Å². The summed E-state index contributed by atoms with van der Waals surface area (Å²) in [7, 11) is 0. The smallest absolute Gasteiger partial charge is 0.254 e. The van der Waals surface area contributed by atoms with Crippen LogP contribution in [0.5, 0.6) is 0 Å². The fourth-order valence-corrected chi connectivity index (χ4v) is 6.39. The van der Waals surface area contributed by atoms with Crippen LogP contribution in [-0.4, -0.2) is 41.5 Å². The van der Waals surface area contributed by atoms with Crippen LogP contribution in [-0.2, 0) is 0 Å². The van der Waals surface area contributed by atoms with Crippen LogP contribution in [0.15, 0.2) is 66.7 Å². The summed E-state index contributed by atoms with van der Waals surface area (Å²) in [6.45, 7) is 4.61. The average Bonchev–Trinajstić information content (AvgIpc) is 3.22. The molecule has 6 rings (SSSR count). The highest BCUT2D eigenvalue weighted by atomic mass is 35.5. The van der Waals surface area contributed by atoms with Crippen LogP contribution in [0.25, 0.3) is 21.3 Å². The van der Waals surface area contributed by atoms with Gasteiger partial charge in [-0.25, -0.2) is 4.98 Å². The van der Waals surface area contributed by atoms with Crippen molar-refractivity contribution in [1.82, 2.24) is 9.88 Å². The molecule has 2 aliphatic rings. The van der Waals surface area contributed by atoms with Gasteiger partial charge in [-0.3, -0.25) is 4.79 Å². The lowest BCUT2D eigenvalue weighted by molar-refractivity contribution is 0.0593. The van der Waals surface area contributed by atoms with Crippen molar-refractivity contribution in [2.45, 2.75) is 19.4 Å². The highest BCUT2D eigenvalue weighted by molar-refractivity contribution is 7.22. The zero-order chi connectivity index (χ0) is 22.5. The molecule has 0 aliphatic carbocycles. The topological polar surface area (TPSA) is 36.4 Å². The van der Waals surface area contributed by atoms with E-state index in [4.69, 9.17) is 16.6 Å². The standard InChI is InChI=1S/C27H24ClN3OS/c1-17-7-9-21(18-5-3-2-4-6-18)22(13-17)26(32)30-12-11-19-15-31(24(19)16-30)27-29-23-10-8-20(28)14-25(23)33-27/h2-10,13-14,19,24H,11-12,15-16H2,1H3/t19-,24-/m0/s1. The molecule has 2 aliphatic heterocycles. The molecule has 3 aromatic carbocycles. The van der Waals surface area contributed by atoms with E-state index in [0.717, 1.165) is 68.7 Å². The van der Waals surface area contributed by atoms with Gasteiger partial charge in [0.05, 0.1) is 16.3 Å². The maximum Gasteiger partial charge on any atom is 0.254 e. The molecule has 2 atom stereocenters. The molecular formula is C27H24ClN3OS. The number of thiazole rings is 1. The van der Waals surface area contributed by atoms with Gasteiger partial charge < -0.3 is 9.80 Å². The van der Waals surface area contributed by atoms with E-state index in [1.54, 1.807) is 11.3 Å². The second kappa shape index (κ2) is 8.15. The number of hydrogen-bond donors (Lipinski definition) is 0. The summed E-state index contributed by atoms with van der Waals surface area (Å²) in [5, 5.41) is 1.77. The molecule has 1 amide bonds. The van der Waals surface area contributed by atoms with Gasteiger partial charge in [0.1, 0.15) is 0 Å². The Kier molecular flexibility index (Phi) is 5.11. The average molecular weight is 474 g/mol. The predicted octanol–water partition coefficient (Wildman–Crippen LogP) is 6.28. The lowest BCUT2D eigenvalue weighted by Gasteiger charge is -2.53. The molecule has 0 spiro atoms. The number of amides is 1. The Morgan fingerprint density at radius 2 is 1.91 bits per heavy atom. The molecule has 166 valence electrons. The van der Waals surface area contributed by atoms with Gasteiger partial charge in [-0.15, -0.1) is 0 Å². The summed E-state index contributed by atoms with van der Waals surface area (Å²) in [6.07, 6.45) is 1.04. The number of halogens is 1. The van der Waals surface area contributed by atoms with E-state index in [0.29, 0.717) is 12.0 Å². The number of aromatic nitrogens is 1. The van der Waals surface area contributed by atoms with Crippen molar-refractivity contribution in [2.24, 2.45) is 5.92 Å². The largest absolute Gasteiger partial charge is 0.343 e. The summed E-state index contributed by atoms with van der Waals surface area (Å²) in [4.78, 5) is 23.0. The van der Waals surface area contributed by atoms with Gasteiger partial charge in [-0.1, -0.05) is 71.0 Å². The molecule has 0 N–H and O–H groups in total. The summed E-state index contributed by atoms with van der Waals surface area (Å²) < 4.78 is 1.11. The maximum atomic E-state index is 13.7. The van der Waals surface area contributed by atoms with Gasteiger partial charge >= 0.3 is 0 Å². The third kappa shape index (κ3) is 3.69. The second-order valence-electron chi connectivity index (χ2n) is 9.04. The number of nitrogens with zero attached hydrogens (tertiary/aromatic N) is 3. The Bertz CT molecular complexity index is 1350. The first-order valence-electron chi connectivity index (χ1n) is 11.3. The predicted molar refractivity (Wildman–Crippen MR) is 136 cm³/mol. The number of benzene rings is 3. The molecular weight excluding hydrogens is 450 g/mol. The van der Waals surface area contributed by atoms with Gasteiger partial charge in [0.25, 0.3) is 5.91 Å². The number of anilines is 1. The van der Waals surface area contributed by atoms with Crippen molar-refractivity contribution in [3.05, 3.63) is 82.9 Å². The number of rotatable bonds is 3. The quantitative estimate of drug-likeness (QED) is 0.351. The lowest BCUT2D eigenvalue weighted by atomic mass is 9.82. The van der Waals surface area contributed by atoms with Crippen molar-refractivity contribution in [1.29, 1.82) is 0 Å². The third-order valence-electron chi connectivity index (χ3n) is 6.92. The molecule has 4 nitrogen and oxygen atoms in total. The monoisotopic (exact) mass is 473 g/mol. The van der Waals surface area contributed by atoms with Crippen LogP contribution in [0.1, 0.15) is 22.3 Å². The van der Waals surface area contributed by atoms with E-state index >= 15 is 0 Å². The first-order chi connectivity index (χ1) is 16.1. The van der Waals surface area contributed by atoms with E-state index in [2.05, 4.69) is 29.2 Å². The lowest BCUT2D eigenvalue weighted by Crippen LogP contribution is -2.65. The number of carbonyl (C=O) groups excluding carboxylic acids is 1. The molecule has 3 heterocycles. The molecule has 0 bridgehead atoms. The maximum absolute atomic E-state index is 13.7. The SMILES string of the molecule is Cc1ccc(-c2ccccc2)c(C(=O)N2CC[C@H]3CN(c4nc5ccc(Cl)cc5s4)[C@H]3C2)c1. The van der Waals surface area contributed by atoms with Gasteiger partial charge in [-0.05, 0) is 48.7 Å². The normalized spacial score (nSPS) is 19.9. The van der Waals surface area contributed by atoms with Crippen LogP contribution in [0, 0.1) is 12.8 Å². The van der Waals surface area contributed by atoms with Crippen molar-refractivity contribution < 1.29 is 4.79 Å². The molecule has 2 saturated heterocycles. The Morgan fingerprint density at radius 1 is 1.06 bits per heavy atom. The van der Waals surface area contributed by atoms with Gasteiger partial charge in [-0.2, -0.15) is 0 Å². The number of aryl methyl sites for hydroxylation is 1. The third-order valence-corrected chi connectivity index (χ3v) is 8.21.